The van der Waals surface area contributed by atoms with E-state index in [9.17, 15) is 4.79 Å². The Balaban J connectivity index is 1.32. The third-order valence-corrected chi connectivity index (χ3v) is 5.28. The fourth-order valence-corrected chi connectivity index (χ4v) is 3.59. The average molecular weight is 344 g/mol. The summed E-state index contributed by atoms with van der Waals surface area (Å²) < 4.78 is 5.52. The largest absolute Gasteiger partial charge is 0.369 e. The summed E-state index contributed by atoms with van der Waals surface area (Å²) in [6.45, 7) is 7.63. The summed E-state index contributed by atoms with van der Waals surface area (Å²) in [7, 11) is 0. The highest BCUT2D eigenvalue weighted by atomic mass is 16.5. The number of amides is 1. The molecule has 2 heterocycles. The second kappa shape index (κ2) is 7.72. The van der Waals surface area contributed by atoms with Crippen molar-refractivity contribution in [3.8, 4) is 0 Å². The van der Waals surface area contributed by atoms with Crippen LogP contribution < -0.4 is 15.5 Å². The van der Waals surface area contributed by atoms with E-state index in [2.05, 4.69) is 32.6 Å². The molecule has 25 heavy (non-hydrogen) atoms. The number of morpholine rings is 1. The van der Waals surface area contributed by atoms with Crippen molar-refractivity contribution in [3.05, 3.63) is 24.3 Å². The molecule has 0 bridgehead atoms. The lowest BCUT2D eigenvalue weighted by atomic mass is 10.2. The van der Waals surface area contributed by atoms with Crippen molar-refractivity contribution in [2.75, 3.05) is 62.6 Å². The molecule has 2 aliphatic heterocycles. The zero-order chi connectivity index (χ0) is 17.1. The van der Waals surface area contributed by atoms with Crippen LogP contribution in [0.4, 0.5) is 11.4 Å². The van der Waals surface area contributed by atoms with E-state index >= 15 is 0 Å². The lowest BCUT2D eigenvalue weighted by Crippen LogP contribution is -2.47. The molecule has 1 aliphatic carbocycles. The first-order chi connectivity index (χ1) is 12.3. The van der Waals surface area contributed by atoms with Gasteiger partial charge in [-0.15, -0.1) is 0 Å². The number of carbonyl (C=O) groups is 1. The molecule has 0 spiro atoms. The maximum Gasteiger partial charge on any atom is 0.254 e. The van der Waals surface area contributed by atoms with Gasteiger partial charge in [-0.1, -0.05) is 6.07 Å². The van der Waals surface area contributed by atoms with Crippen LogP contribution in [-0.4, -0.2) is 69.3 Å². The van der Waals surface area contributed by atoms with E-state index in [4.69, 9.17) is 4.74 Å². The van der Waals surface area contributed by atoms with Crippen LogP contribution in [0, 0.1) is 5.92 Å². The minimum atomic E-state index is -0.400. The van der Waals surface area contributed by atoms with Gasteiger partial charge < -0.3 is 20.3 Å². The van der Waals surface area contributed by atoms with Crippen LogP contribution in [0.5, 0.6) is 0 Å². The van der Waals surface area contributed by atoms with Crippen molar-refractivity contribution in [2.45, 2.75) is 18.9 Å². The predicted octanol–water partition coefficient (Wildman–Crippen LogP) is 1.15. The van der Waals surface area contributed by atoms with Crippen molar-refractivity contribution in [1.29, 1.82) is 0 Å². The van der Waals surface area contributed by atoms with Crippen LogP contribution in [0.3, 0.4) is 0 Å². The van der Waals surface area contributed by atoms with Crippen LogP contribution in [0.1, 0.15) is 12.8 Å². The highest BCUT2D eigenvalue weighted by molar-refractivity contribution is 5.94. The Morgan fingerprint density at radius 2 is 2.08 bits per heavy atom. The van der Waals surface area contributed by atoms with Crippen LogP contribution in [0.15, 0.2) is 24.3 Å². The molecular weight excluding hydrogens is 316 g/mol. The Bertz CT molecular complexity index is 591. The monoisotopic (exact) mass is 344 g/mol. The van der Waals surface area contributed by atoms with Gasteiger partial charge in [-0.05, 0) is 37.0 Å². The van der Waals surface area contributed by atoms with Crippen molar-refractivity contribution < 1.29 is 9.53 Å². The molecule has 136 valence electrons. The number of anilines is 2. The summed E-state index contributed by atoms with van der Waals surface area (Å²) in [5.41, 5.74) is 2.03. The van der Waals surface area contributed by atoms with Crippen LogP contribution in [0.25, 0.3) is 0 Å². The van der Waals surface area contributed by atoms with E-state index in [1.165, 1.54) is 25.1 Å². The molecule has 6 heteroatoms. The van der Waals surface area contributed by atoms with E-state index < -0.39 is 6.10 Å². The van der Waals surface area contributed by atoms with Crippen LogP contribution >= 0.6 is 0 Å². The Labute approximate surface area is 149 Å². The molecule has 4 rings (SSSR count). The van der Waals surface area contributed by atoms with Crippen molar-refractivity contribution in [2.24, 2.45) is 5.92 Å². The summed E-state index contributed by atoms with van der Waals surface area (Å²) >= 11 is 0. The van der Waals surface area contributed by atoms with Gasteiger partial charge in [-0.2, -0.15) is 0 Å². The number of nitrogens with one attached hydrogen (secondary N) is 2. The first kappa shape index (κ1) is 16.8. The molecular formula is C19H28N4O2. The molecule has 1 amide bonds. The van der Waals surface area contributed by atoms with E-state index in [1.54, 1.807) is 0 Å². The molecule has 3 fully saturated rings. The van der Waals surface area contributed by atoms with E-state index in [0.717, 1.165) is 44.3 Å². The third-order valence-electron chi connectivity index (χ3n) is 5.28. The Morgan fingerprint density at radius 3 is 2.80 bits per heavy atom. The molecule has 2 saturated heterocycles. The minimum Gasteiger partial charge on any atom is -0.369 e. The van der Waals surface area contributed by atoms with Crippen molar-refractivity contribution in [3.63, 3.8) is 0 Å². The number of piperazine rings is 1. The third kappa shape index (κ3) is 4.51. The number of rotatable bonds is 5. The summed E-state index contributed by atoms with van der Waals surface area (Å²) in [5, 5.41) is 6.18. The summed E-state index contributed by atoms with van der Waals surface area (Å²) in [6, 6.07) is 8.16. The minimum absolute atomic E-state index is 0.0707. The quantitative estimate of drug-likeness (QED) is 0.839. The Morgan fingerprint density at radius 1 is 1.24 bits per heavy atom. The highest BCUT2D eigenvalue weighted by Crippen LogP contribution is 2.30. The lowest BCUT2D eigenvalue weighted by molar-refractivity contribution is -0.128. The van der Waals surface area contributed by atoms with Gasteiger partial charge in [0.05, 0.1) is 6.61 Å². The smallest absolute Gasteiger partial charge is 0.254 e. The molecule has 6 nitrogen and oxygen atoms in total. The van der Waals surface area contributed by atoms with Gasteiger partial charge in [-0.25, -0.2) is 0 Å². The van der Waals surface area contributed by atoms with E-state index in [-0.39, 0.29) is 5.91 Å². The van der Waals surface area contributed by atoms with E-state index in [0.29, 0.717) is 13.2 Å². The van der Waals surface area contributed by atoms with Gasteiger partial charge >= 0.3 is 0 Å². The summed E-state index contributed by atoms with van der Waals surface area (Å²) in [5.74, 6) is 0.889. The molecule has 1 atom stereocenters. The molecule has 1 unspecified atom stereocenters. The lowest BCUT2D eigenvalue weighted by Gasteiger charge is -2.36. The number of hydrogen-bond donors (Lipinski definition) is 2. The molecule has 1 aromatic rings. The maximum atomic E-state index is 12.3. The van der Waals surface area contributed by atoms with Crippen LogP contribution in [-0.2, 0) is 9.53 Å². The van der Waals surface area contributed by atoms with Gasteiger partial charge in [0, 0.05) is 57.2 Å². The van der Waals surface area contributed by atoms with Gasteiger partial charge in [0.15, 0.2) is 0 Å². The molecule has 3 aliphatic rings. The average Bonchev–Trinajstić information content (AvgIpc) is 3.47. The number of nitrogens with zero attached hydrogens (tertiary/aromatic N) is 2. The first-order valence-electron chi connectivity index (χ1n) is 9.48. The Hall–Kier alpha value is -1.63. The number of ether oxygens (including phenoxy) is 1. The molecule has 0 radical (unpaired) electrons. The van der Waals surface area contributed by atoms with Gasteiger partial charge in [0.2, 0.25) is 0 Å². The fraction of sp³-hybridized carbons (Fsp3) is 0.632. The number of carbonyl (C=O) groups excluding carboxylic acids is 1. The van der Waals surface area contributed by atoms with Gasteiger partial charge in [-0.3, -0.25) is 9.69 Å². The summed E-state index contributed by atoms with van der Waals surface area (Å²) in [6.07, 6.45) is 2.44. The molecule has 0 aromatic heterocycles. The Kier molecular flexibility index (Phi) is 5.20. The predicted molar refractivity (Wildman–Crippen MR) is 99.1 cm³/mol. The first-order valence-corrected chi connectivity index (χ1v) is 9.48. The SMILES string of the molecule is O=C(Nc1cccc(N2CCN(CC3CC3)CC2)c1)C1CNCCO1. The zero-order valence-corrected chi connectivity index (χ0v) is 14.7. The number of benzene rings is 1. The van der Waals surface area contributed by atoms with Crippen molar-refractivity contribution in [1.82, 2.24) is 10.2 Å². The summed E-state index contributed by atoms with van der Waals surface area (Å²) in [4.78, 5) is 17.3. The highest BCUT2D eigenvalue weighted by Gasteiger charge is 2.26. The molecule has 1 saturated carbocycles. The van der Waals surface area contributed by atoms with Crippen LogP contribution in [0.2, 0.25) is 0 Å². The molecule has 1 aromatic carbocycles. The van der Waals surface area contributed by atoms with Gasteiger partial charge in [0.1, 0.15) is 6.10 Å². The second-order valence-corrected chi connectivity index (χ2v) is 7.33. The van der Waals surface area contributed by atoms with Crippen molar-refractivity contribution >= 4 is 17.3 Å². The molecule has 2 N–H and O–H groups in total. The zero-order valence-electron chi connectivity index (χ0n) is 14.7. The number of hydrogen-bond acceptors (Lipinski definition) is 5. The standard InChI is InChI=1S/C19H28N4O2/c24-19(18-13-20-6-11-25-18)21-16-2-1-3-17(12-16)23-9-7-22(8-10-23)14-15-4-5-15/h1-3,12,15,18,20H,4-11,13-14H2,(H,21,24). The van der Waals surface area contributed by atoms with E-state index in [1.807, 2.05) is 12.1 Å². The topological polar surface area (TPSA) is 56.8 Å². The normalized spacial score (nSPS) is 25.0. The second-order valence-electron chi connectivity index (χ2n) is 7.33. The van der Waals surface area contributed by atoms with Gasteiger partial charge in [0.25, 0.3) is 5.91 Å². The fourth-order valence-electron chi connectivity index (χ4n) is 3.59. The maximum absolute atomic E-state index is 12.3.